The van der Waals surface area contributed by atoms with Crippen molar-refractivity contribution >= 4 is 0 Å². The van der Waals surface area contributed by atoms with Crippen molar-refractivity contribution in [2.45, 2.75) is 70.9 Å². The first-order chi connectivity index (χ1) is 9.15. The fourth-order valence-corrected chi connectivity index (χ4v) is 3.63. The van der Waals surface area contributed by atoms with Crippen LogP contribution in [0.5, 0.6) is 0 Å². The highest BCUT2D eigenvalue weighted by molar-refractivity contribution is 5.15. The molecule has 0 aliphatic carbocycles. The van der Waals surface area contributed by atoms with E-state index in [1.807, 2.05) is 0 Å². The molecule has 0 radical (unpaired) electrons. The van der Waals surface area contributed by atoms with Crippen molar-refractivity contribution in [3.63, 3.8) is 0 Å². The Morgan fingerprint density at radius 3 is 2.74 bits per heavy atom. The van der Waals surface area contributed by atoms with Gasteiger partial charge in [-0.2, -0.15) is 0 Å². The average molecular weight is 261 g/mol. The Labute approximate surface area is 117 Å². The van der Waals surface area contributed by atoms with Crippen molar-refractivity contribution in [2.75, 3.05) is 13.1 Å². The van der Waals surface area contributed by atoms with E-state index < -0.39 is 0 Å². The molecule has 0 N–H and O–H groups in total. The summed E-state index contributed by atoms with van der Waals surface area (Å²) in [6.07, 6.45) is 7.60. The van der Waals surface area contributed by atoms with Gasteiger partial charge in [0.25, 0.3) is 0 Å². The third-order valence-electron chi connectivity index (χ3n) is 4.90. The van der Waals surface area contributed by atoms with Gasteiger partial charge in [0.1, 0.15) is 5.82 Å². The lowest BCUT2D eigenvalue weighted by molar-refractivity contribution is 0.166. The summed E-state index contributed by atoms with van der Waals surface area (Å²) in [6.45, 7) is 10.6. The van der Waals surface area contributed by atoms with Gasteiger partial charge in [-0.15, -0.1) is 0 Å². The van der Waals surface area contributed by atoms with E-state index in [1.54, 1.807) is 0 Å². The molecule has 0 saturated carbocycles. The molecule has 1 aromatic heterocycles. The Morgan fingerprint density at radius 2 is 2.00 bits per heavy atom. The van der Waals surface area contributed by atoms with E-state index in [0.717, 1.165) is 0 Å². The smallest absolute Gasteiger partial charge is 0.111 e. The van der Waals surface area contributed by atoms with Crippen molar-refractivity contribution in [3.8, 4) is 0 Å². The zero-order valence-electron chi connectivity index (χ0n) is 12.6. The maximum atomic E-state index is 4.99. The van der Waals surface area contributed by atoms with E-state index in [1.165, 1.54) is 56.8 Å². The second-order valence-corrected chi connectivity index (χ2v) is 6.69. The van der Waals surface area contributed by atoms with Crippen LogP contribution in [0, 0.1) is 0 Å². The Hall–Kier alpha value is -0.830. The predicted octanol–water partition coefficient (Wildman–Crippen LogP) is 3.37. The molecule has 0 spiro atoms. The van der Waals surface area contributed by atoms with Crippen molar-refractivity contribution in [1.82, 2.24) is 14.5 Å². The highest BCUT2D eigenvalue weighted by Crippen LogP contribution is 2.31. The van der Waals surface area contributed by atoms with E-state index in [2.05, 4.69) is 36.4 Å². The topological polar surface area (TPSA) is 21.1 Å². The predicted molar refractivity (Wildman–Crippen MR) is 78.6 cm³/mol. The SMILES string of the molecule is CC1CCCn2cc(C3CCCN(C(C)C)C3)nc21. The molecule has 1 fully saturated rings. The third kappa shape index (κ3) is 2.58. The summed E-state index contributed by atoms with van der Waals surface area (Å²) >= 11 is 0. The van der Waals surface area contributed by atoms with Gasteiger partial charge in [0, 0.05) is 37.2 Å². The van der Waals surface area contributed by atoms with Gasteiger partial charge in [0.15, 0.2) is 0 Å². The monoisotopic (exact) mass is 261 g/mol. The molecular weight excluding hydrogens is 234 g/mol. The van der Waals surface area contributed by atoms with Gasteiger partial charge in [-0.05, 0) is 46.1 Å². The highest BCUT2D eigenvalue weighted by atomic mass is 15.2. The minimum Gasteiger partial charge on any atom is -0.334 e. The largest absolute Gasteiger partial charge is 0.334 e. The number of fused-ring (bicyclic) bond motifs is 1. The second-order valence-electron chi connectivity index (χ2n) is 6.69. The molecule has 0 bridgehead atoms. The maximum Gasteiger partial charge on any atom is 0.111 e. The molecule has 2 aliphatic heterocycles. The molecule has 2 aliphatic rings. The summed E-state index contributed by atoms with van der Waals surface area (Å²) in [4.78, 5) is 7.59. The molecule has 3 heterocycles. The summed E-state index contributed by atoms with van der Waals surface area (Å²) in [5.41, 5.74) is 1.36. The zero-order valence-corrected chi connectivity index (χ0v) is 12.6. The van der Waals surface area contributed by atoms with Gasteiger partial charge in [-0.3, -0.25) is 0 Å². The van der Waals surface area contributed by atoms with Gasteiger partial charge in [-0.1, -0.05) is 6.92 Å². The van der Waals surface area contributed by atoms with Crippen LogP contribution in [0.3, 0.4) is 0 Å². The van der Waals surface area contributed by atoms with Crippen molar-refractivity contribution < 1.29 is 0 Å². The standard InChI is InChI=1S/C16H27N3/c1-12(2)18-8-5-7-14(10-18)15-11-19-9-4-6-13(3)16(19)17-15/h11-14H,4-10H2,1-3H3. The van der Waals surface area contributed by atoms with Crippen molar-refractivity contribution in [3.05, 3.63) is 17.7 Å². The van der Waals surface area contributed by atoms with E-state index in [4.69, 9.17) is 4.98 Å². The van der Waals surface area contributed by atoms with Crippen LogP contribution in [-0.4, -0.2) is 33.6 Å². The Balaban J connectivity index is 1.78. The molecule has 0 amide bonds. The van der Waals surface area contributed by atoms with E-state index in [-0.39, 0.29) is 0 Å². The van der Waals surface area contributed by atoms with Crippen LogP contribution in [0.4, 0.5) is 0 Å². The lowest BCUT2D eigenvalue weighted by atomic mass is 9.94. The van der Waals surface area contributed by atoms with Crippen LogP contribution < -0.4 is 0 Å². The maximum absolute atomic E-state index is 4.99. The molecule has 106 valence electrons. The van der Waals surface area contributed by atoms with Crippen LogP contribution in [-0.2, 0) is 6.54 Å². The average Bonchev–Trinajstić information content (AvgIpc) is 2.84. The van der Waals surface area contributed by atoms with Gasteiger partial charge in [0.2, 0.25) is 0 Å². The second kappa shape index (κ2) is 5.28. The molecule has 3 nitrogen and oxygen atoms in total. The molecule has 2 unspecified atom stereocenters. The van der Waals surface area contributed by atoms with Crippen LogP contribution in [0.15, 0.2) is 6.20 Å². The quantitative estimate of drug-likeness (QED) is 0.814. The Morgan fingerprint density at radius 1 is 1.21 bits per heavy atom. The molecule has 0 aromatic carbocycles. The minimum atomic E-state index is 0.646. The molecule has 1 saturated heterocycles. The first kappa shape index (κ1) is 13.2. The first-order valence-corrected chi connectivity index (χ1v) is 7.96. The Kier molecular flexibility index (Phi) is 3.66. The fourth-order valence-electron chi connectivity index (χ4n) is 3.63. The highest BCUT2D eigenvalue weighted by Gasteiger charge is 2.27. The fraction of sp³-hybridized carbons (Fsp3) is 0.812. The molecule has 1 aromatic rings. The molecular formula is C16H27N3. The van der Waals surface area contributed by atoms with Crippen LogP contribution in [0.25, 0.3) is 0 Å². The normalized spacial score (nSPS) is 28.6. The van der Waals surface area contributed by atoms with Gasteiger partial charge < -0.3 is 9.47 Å². The number of hydrogen-bond donors (Lipinski definition) is 0. The van der Waals surface area contributed by atoms with Gasteiger partial charge in [0.05, 0.1) is 5.69 Å². The first-order valence-electron chi connectivity index (χ1n) is 7.96. The number of piperidine rings is 1. The van der Waals surface area contributed by atoms with Crippen molar-refractivity contribution in [1.29, 1.82) is 0 Å². The number of aromatic nitrogens is 2. The summed E-state index contributed by atoms with van der Waals surface area (Å²) in [5.74, 6) is 2.64. The summed E-state index contributed by atoms with van der Waals surface area (Å²) < 4.78 is 2.41. The molecule has 19 heavy (non-hydrogen) atoms. The number of aryl methyl sites for hydroxylation is 1. The number of likely N-dealkylation sites (tertiary alicyclic amines) is 1. The summed E-state index contributed by atoms with van der Waals surface area (Å²) in [6, 6.07) is 0.666. The third-order valence-corrected chi connectivity index (χ3v) is 4.90. The van der Waals surface area contributed by atoms with Gasteiger partial charge >= 0.3 is 0 Å². The summed E-state index contributed by atoms with van der Waals surface area (Å²) in [5, 5.41) is 0. The Bertz CT molecular complexity index is 435. The number of hydrogen-bond acceptors (Lipinski definition) is 2. The number of nitrogens with zero attached hydrogens (tertiary/aromatic N) is 3. The number of rotatable bonds is 2. The summed E-state index contributed by atoms with van der Waals surface area (Å²) in [7, 11) is 0. The van der Waals surface area contributed by atoms with E-state index in [0.29, 0.717) is 17.9 Å². The zero-order chi connectivity index (χ0) is 13.4. The lowest BCUT2D eigenvalue weighted by Gasteiger charge is -2.34. The van der Waals surface area contributed by atoms with Crippen LogP contribution in [0.1, 0.15) is 69.8 Å². The van der Waals surface area contributed by atoms with Crippen molar-refractivity contribution in [2.24, 2.45) is 0 Å². The van der Waals surface area contributed by atoms with Gasteiger partial charge in [-0.25, -0.2) is 4.98 Å². The van der Waals surface area contributed by atoms with E-state index in [9.17, 15) is 0 Å². The lowest BCUT2D eigenvalue weighted by Crippen LogP contribution is -2.39. The molecule has 2 atom stereocenters. The van der Waals surface area contributed by atoms with Crippen LogP contribution >= 0.6 is 0 Å². The van der Waals surface area contributed by atoms with Crippen LogP contribution in [0.2, 0.25) is 0 Å². The molecule has 3 heteroatoms. The number of imidazole rings is 1. The van der Waals surface area contributed by atoms with E-state index >= 15 is 0 Å². The molecule has 3 rings (SSSR count). The minimum absolute atomic E-state index is 0.646.